The Morgan fingerprint density at radius 3 is 2.13 bits per heavy atom. The molecule has 0 aromatic heterocycles. The summed E-state index contributed by atoms with van der Waals surface area (Å²) in [6, 6.07) is 7.20. The van der Waals surface area contributed by atoms with Crippen LogP contribution in [0.3, 0.4) is 0 Å². The van der Waals surface area contributed by atoms with E-state index in [0.717, 1.165) is 0 Å². The second-order valence-electron chi connectivity index (χ2n) is 5.98. The molecule has 0 saturated heterocycles. The van der Waals surface area contributed by atoms with Gasteiger partial charge in [-0.1, -0.05) is 19.1 Å². The van der Waals surface area contributed by atoms with Gasteiger partial charge >= 0.3 is 5.97 Å². The molecule has 1 unspecified atom stereocenters. The summed E-state index contributed by atoms with van der Waals surface area (Å²) in [5.41, 5.74) is 0.0861. The molecule has 30 heavy (non-hydrogen) atoms. The molecule has 0 spiro atoms. The van der Waals surface area contributed by atoms with Crippen molar-refractivity contribution in [3.8, 4) is 5.75 Å². The molecule has 0 amide bonds. The Hall–Kier alpha value is -2.07. The number of methoxy groups -OCH3 is 3. The van der Waals surface area contributed by atoms with E-state index >= 15 is 0 Å². The number of hydrogen-bond donors (Lipinski definition) is 0. The molecule has 3 radical (unpaired) electrons. The van der Waals surface area contributed by atoms with E-state index in [2.05, 4.69) is 10.2 Å². The molecular formula is C21H31O8Si. The van der Waals surface area contributed by atoms with E-state index in [4.69, 9.17) is 33.2 Å². The van der Waals surface area contributed by atoms with Crippen molar-refractivity contribution >= 4 is 22.0 Å². The van der Waals surface area contributed by atoms with Crippen molar-refractivity contribution in [3.63, 3.8) is 0 Å². The second-order valence-corrected chi connectivity index (χ2v) is 6.62. The van der Waals surface area contributed by atoms with Crippen LogP contribution in [0.5, 0.6) is 5.75 Å². The van der Waals surface area contributed by atoms with Crippen LogP contribution < -0.4 is 4.74 Å². The fourth-order valence-electron chi connectivity index (χ4n) is 2.22. The molecule has 167 valence electrons. The highest BCUT2D eigenvalue weighted by Crippen LogP contribution is 2.30. The number of carbonyl (C=O) groups excluding carboxylic acids is 1. The molecule has 0 aliphatic rings. The average Bonchev–Trinajstić information content (AvgIpc) is 2.75. The summed E-state index contributed by atoms with van der Waals surface area (Å²) in [7, 11) is 8.07. The van der Waals surface area contributed by atoms with Crippen LogP contribution in [0.2, 0.25) is 0 Å². The van der Waals surface area contributed by atoms with Gasteiger partial charge in [-0.2, -0.15) is 0 Å². The first-order valence-electron chi connectivity index (χ1n) is 9.69. The van der Waals surface area contributed by atoms with E-state index in [1.54, 1.807) is 33.5 Å². The lowest BCUT2D eigenvalue weighted by atomic mass is 10.1. The first-order chi connectivity index (χ1) is 14.6. The molecule has 9 heteroatoms. The first-order valence-corrected chi connectivity index (χ1v) is 10.3. The Labute approximate surface area is 181 Å². The van der Waals surface area contributed by atoms with Crippen molar-refractivity contribution in [2.45, 2.75) is 19.1 Å². The van der Waals surface area contributed by atoms with E-state index < -0.39 is 11.7 Å². The number of carbonyl (C=O) groups is 1. The predicted octanol–water partition coefficient (Wildman–Crippen LogP) is 2.15. The maximum atomic E-state index is 12.9. The molecule has 0 heterocycles. The van der Waals surface area contributed by atoms with Gasteiger partial charge in [0.15, 0.2) is 5.76 Å². The average molecular weight is 440 g/mol. The van der Waals surface area contributed by atoms with Crippen LogP contribution in [0.1, 0.15) is 18.9 Å². The minimum atomic E-state index is -0.660. The van der Waals surface area contributed by atoms with Gasteiger partial charge in [0, 0.05) is 21.3 Å². The van der Waals surface area contributed by atoms with E-state index in [9.17, 15) is 4.79 Å². The van der Waals surface area contributed by atoms with Gasteiger partial charge in [0.1, 0.15) is 25.6 Å². The van der Waals surface area contributed by atoms with E-state index in [1.165, 1.54) is 0 Å². The molecule has 1 aromatic carbocycles. The zero-order valence-electron chi connectivity index (χ0n) is 18.1. The summed E-state index contributed by atoms with van der Waals surface area (Å²) in [6.45, 7) is 3.60. The number of para-hydroxylation sites is 1. The molecule has 1 aromatic rings. The Morgan fingerprint density at radius 2 is 1.50 bits per heavy atom. The topological polar surface area (TPSA) is 81.7 Å². The van der Waals surface area contributed by atoms with Crippen LogP contribution >= 0.6 is 0 Å². The molecule has 0 saturated carbocycles. The highest BCUT2D eigenvalue weighted by molar-refractivity contribution is 6.12. The summed E-state index contributed by atoms with van der Waals surface area (Å²) in [4.78, 5) is 12.9. The van der Waals surface area contributed by atoms with Crippen molar-refractivity contribution in [3.05, 3.63) is 35.6 Å². The predicted molar refractivity (Wildman–Crippen MR) is 112 cm³/mol. The number of hydrogen-bond acceptors (Lipinski definition) is 8. The zero-order valence-corrected chi connectivity index (χ0v) is 19.1. The third-order valence-electron chi connectivity index (χ3n) is 3.76. The lowest BCUT2D eigenvalue weighted by Crippen LogP contribution is -2.22. The molecule has 8 nitrogen and oxygen atoms in total. The highest BCUT2D eigenvalue weighted by Gasteiger charge is 2.26. The Kier molecular flexibility index (Phi) is 13.6. The van der Waals surface area contributed by atoms with Crippen LogP contribution in [0, 0.1) is 0 Å². The number of benzene rings is 1. The minimum absolute atomic E-state index is 0.0670. The number of rotatable bonds is 16. The van der Waals surface area contributed by atoms with Gasteiger partial charge in [0.05, 0.1) is 41.4 Å². The summed E-state index contributed by atoms with van der Waals surface area (Å²) >= 11 is 0. The molecule has 0 aliphatic carbocycles. The summed E-state index contributed by atoms with van der Waals surface area (Å²) in [5, 5.41) is 0. The highest BCUT2D eigenvalue weighted by atomic mass is 28.1. The lowest BCUT2D eigenvalue weighted by Gasteiger charge is -2.20. The largest absolute Gasteiger partial charge is 0.490 e. The monoisotopic (exact) mass is 439 g/mol. The van der Waals surface area contributed by atoms with Crippen molar-refractivity contribution in [2.24, 2.45) is 0 Å². The first kappa shape index (κ1) is 26.0. The van der Waals surface area contributed by atoms with Crippen molar-refractivity contribution in [1.29, 1.82) is 0 Å². The molecule has 0 bridgehead atoms. The van der Waals surface area contributed by atoms with E-state index in [0.29, 0.717) is 44.2 Å². The van der Waals surface area contributed by atoms with Gasteiger partial charge in [-0.25, -0.2) is 4.79 Å². The second kappa shape index (κ2) is 15.7. The Balaban J connectivity index is 3.37. The van der Waals surface area contributed by atoms with Crippen LogP contribution in [-0.2, 0) is 33.2 Å². The normalized spacial score (nSPS) is 12.7. The fourth-order valence-corrected chi connectivity index (χ4v) is 2.33. The van der Waals surface area contributed by atoms with Crippen LogP contribution in [0.25, 0.3) is 5.76 Å². The summed E-state index contributed by atoms with van der Waals surface area (Å²) < 4.78 is 38.0. The van der Waals surface area contributed by atoms with Gasteiger partial charge in [-0.15, -0.1) is 0 Å². The zero-order chi connectivity index (χ0) is 22.2. The smallest absolute Gasteiger partial charge is 0.377 e. The lowest BCUT2D eigenvalue weighted by molar-refractivity contribution is -0.145. The van der Waals surface area contributed by atoms with Gasteiger partial charge in [-0.3, -0.25) is 0 Å². The summed E-state index contributed by atoms with van der Waals surface area (Å²) in [5.74, 6) is -0.00104. The van der Waals surface area contributed by atoms with E-state index in [-0.39, 0.29) is 24.7 Å². The summed E-state index contributed by atoms with van der Waals surface area (Å²) in [6.07, 6.45) is 0.588. The Morgan fingerprint density at radius 1 is 0.900 bits per heavy atom. The van der Waals surface area contributed by atoms with Crippen LogP contribution in [0.4, 0.5) is 0 Å². The molecular weight excluding hydrogens is 408 g/mol. The standard InChI is InChI=1S/C21H31O8Si/c1-5-18(30)29-21(22)20(28-15-12-25-4)19(27-14-11-24-3)16-8-6-7-9-17(16)26-13-10-23-2/h6-9,18H,5,10-15H2,1-4H3. The molecule has 0 aliphatic heterocycles. The number of ether oxygens (including phenoxy) is 7. The minimum Gasteiger partial charge on any atom is -0.490 e. The Bertz CT molecular complexity index is 650. The van der Waals surface area contributed by atoms with Crippen molar-refractivity contribution in [2.75, 3.05) is 61.0 Å². The molecule has 1 rings (SSSR count). The van der Waals surface area contributed by atoms with Gasteiger partial charge in [0.25, 0.3) is 0 Å². The quantitative estimate of drug-likeness (QED) is 0.127. The molecule has 0 N–H and O–H groups in total. The number of esters is 1. The molecule has 0 fully saturated rings. The molecule has 1 atom stereocenters. The van der Waals surface area contributed by atoms with Crippen molar-refractivity contribution in [1.82, 2.24) is 0 Å². The van der Waals surface area contributed by atoms with E-state index in [1.807, 2.05) is 19.1 Å². The maximum absolute atomic E-state index is 12.9. The third-order valence-corrected chi connectivity index (χ3v) is 4.28. The fraction of sp³-hybridized carbons (Fsp3) is 0.571. The third kappa shape index (κ3) is 9.16. The van der Waals surface area contributed by atoms with Crippen LogP contribution in [-0.4, -0.2) is 82.9 Å². The van der Waals surface area contributed by atoms with Gasteiger partial charge in [-0.05, 0) is 18.6 Å². The van der Waals surface area contributed by atoms with Gasteiger partial charge < -0.3 is 33.2 Å². The van der Waals surface area contributed by atoms with Crippen LogP contribution in [0.15, 0.2) is 30.0 Å². The van der Waals surface area contributed by atoms with Gasteiger partial charge in [0.2, 0.25) is 5.76 Å². The van der Waals surface area contributed by atoms with Crippen molar-refractivity contribution < 1.29 is 38.0 Å². The SMILES string of the molecule is CCC([Si])OC(=O)C(OCCOC)=C(OCCOC)c1ccccc1OCCOC. The maximum Gasteiger partial charge on any atom is 0.377 e.